The lowest BCUT2D eigenvalue weighted by Crippen LogP contribution is -2.15. The first kappa shape index (κ1) is 18.6. The van der Waals surface area contributed by atoms with Crippen molar-refractivity contribution < 1.29 is 0 Å². The molecule has 136 valence electrons. The van der Waals surface area contributed by atoms with Gasteiger partial charge in [0.1, 0.15) is 6.07 Å². The van der Waals surface area contributed by atoms with Crippen LogP contribution in [0.25, 0.3) is 11.3 Å². The highest BCUT2D eigenvalue weighted by Gasteiger charge is 2.20. The van der Waals surface area contributed by atoms with Gasteiger partial charge in [-0.3, -0.25) is 4.98 Å². The lowest BCUT2D eigenvalue weighted by atomic mass is 9.78. The summed E-state index contributed by atoms with van der Waals surface area (Å²) in [6.45, 7) is 2.30. The van der Waals surface area contributed by atoms with Gasteiger partial charge < -0.3 is 0 Å². The van der Waals surface area contributed by atoms with Gasteiger partial charge in [0.2, 0.25) is 0 Å². The molecule has 1 aliphatic carbocycles. The Morgan fingerprint density at radius 3 is 2.23 bits per heavy atom. The molecule has 1 aromatic carbocycles. The summed E-state index contributed by atoms with van der Waals surface area (Å²) in [7, 11) is 0. The highest BCUT2D eigenvalue weighted by molar-refractivity contribution is 5.59. The van der Waals surface area contributed by atoms with Crippen molar-refractivity contribution in [2.75, 3.05) is 0 Å². The molecule has 2 heteroatoms. The number of pyridine rings is 1. The summed E-state index contributed by atoms with van der Waals surface area (Å²) in [6.07, 6.45) is 14.1. The zero-order valence-corrected chi connectivity index (χ0v) is 16.0. The smallest absolute Gasteiger partial charge is 0.101 e. The molecule has 0 spiro atoms. The predicted octanol–water partition coefficient (Wildman–Crippen LogP) is 6.55. The molecule has 1 saturated carbocycles. The molecule has 1 aliphatic rings. The van der Waals surface area contributed by atoms with Crippen LogP contribution in [0.3, 0.4) is 0 Å². The highest BCUT2D eigenvalue weighted by atomic mass is 14.7. The standard InChI is InChI=1S/C24H30N2/c1-2-3-4-19-5-7-20(8-6-19)9-10-21-11-14-23(15-12-21)24-16-13-22(17-25)18-26-24/h11-16,18-20H,2-10H2,1H3/t19-,20-. The Hall–Kier alpha value is -2.14. The summed E-state index contributed by atoms with van der Waals surface area (Å²) in [5.41, 5.74) is 4.08. The molecule has 0 unspecified atom stereocenters. The van der Waals surface area contributed by atoms with Gasteiger partial charge in [-0.15, -0.1) is 0 Å². The number of nitrogens with zero attached hydrogens (tertiary/aromatic N) is 2. The second-order valence-electron chi connectivity index (χ2n) is 7.81. The number of hydrogen-bond acceptors (Lipinski definition) is 2. The molecule has 0 radical (unpaired) electrons. The van der Waals surface area contributed by atoms with E-state index in [9.17, 15) is 0 Å². The number of nitriles is 1. The molecule has 1 aromatic heterocycles. The molecule has 2 nitrogen and oxygen atoms in total. The summed E-state index contributed by atoms with van der Waals surface area (Å²) in [6, 6.07) is 14.7. The van der Waals surface area contributed by atoms with Crippen LogP contribution < -0.4 is 0 Å². The molecule has 0 amide bonds. The fourth-order valence-electron chi connectivity index (χ4n) is 4.15. The zero-order valence-electron chi connectivity index (χ0n) is 16.0. The van der Waals surface area contributed by atoms with Crippen LogP contribution >= 0.6 is 0 Å². The minimum absolute atomic E-state index is 0.606. The maximum absolute atomic E-state index is 8.86. The Morgan fingerprint density at radius 2 is 1.65 bits per heavy atom. The van der Waals surface area contributed by atoms with Gasteiger partial charge in [0, 0.05) is 11.8 Å². The summed E-state index contributed by atoms with van der Waals surface area (Å²) in [4.78, 5) is 4.37. The van der Waals surface area contributed by atoms with E-state index in [1.54, 1.807) is 6.20 Å². The molecular weight excluding hydrogens is 316 g/mol. The fraction of sp³-hybridized carbons (Fsp3) is 0.500. The molecule has 0 saturated heterocycles. The highest BCUT2D eigenvalue weighted by Crippen LogP contribution is 2.34. The first-order valence-electron chi connectivity index (χ1n) is 10.2. The predicted molar refractivity (Wildman–Crippen MR) is 108 cm³/mol. The van der Waals surface area contributed by atoms with Gasteiger partial charge in [0.05, 0.1) is 11.3 Å². The monoisotopic (exact) mass is 346 g/mol. The van der Waals surface area contributed by atoms with Gasteiger partial charge in [-0.1, -0.05) is 76.1 Å². The third-order valence-corrected chi connectivity index (χ3v) is 5.92. The molecule has 0 atom stereocenters. The average Bonchev–Trinajstić information content (AvgIpc) is 2.72. The SMILES string of the molecule is CCCC[C@H]1CC[C@H](CCc2ccc(-c3ccc(C#N)cn3)cc2)CC1. The molecule has 0 aliphatic heterocycles. The third kappa shape index (κ3) is 5.18. The van der Waals surface area contributed by atoms with Crippen LogP contribution in [0.5, 0.6) is 0 Å². The van der Waals surface area contributed by atoms with Crippen LogP contribution in [0.2, 0.25) is 0 Å². The van der Waals surface area contributed by atoms with Crippen molar-refractivity contribution in [2.45, 2.75) is 64.7 Å². The Bertz CT molecular complexity index is 701. The van der Waals surface area contributed by atoms with Crippen LogP contribution in [0, 0.1) is 23.2 Å². The molecule has 0 N–H and O–H groups in total. The van der Waals surface area contributed by atoms with Crippen LogP contribution in [0.4, 0.5) is 0 Å². The van der Waals surface area contributed by atoms with Gasteiger partial charge in [-0.05, 0) is 42.4 Å². The van der Waals surface area contributed by atoms with Crippen molar-refractivity contribution in [2.24, 2.45) is 11.8 Å². The average molecular weight is 347 g/mol. The van der Waals surface area contributed by atoms with Gasteiger partial charge in [-0.2, -0.15) is 5.26 Å². The van der Waals surface area contributed by atoms with Crippen molar-refractivity contribution in [1.82, 2.24) is 4.98 Å². The van der Waals surface area contributed by atoms with Gasteiger partial charge in [-0.25, -0.2) is 0 Å². The molecule has 0 bridgehead atoms. The van der Waals surface area contributed by atoms with Gasteiger partial charge in [0.15, 0.2) is 0 Å². The van der Waals surface area contributed by atoms with Crippen LogP contribution in [-0.2, 0) is 6.42 Å². The molecule has 2 aromatic rings. The Morgan fingerprint density at radius 1 is 0.962 bits per heavy atom. The maximum atomic E-state index is 8.86. The van der Waals surface area contributed by atoms with E-state index in [-0.39, 0.29) is 0 Å². The molecule has 3 rings (SSSR count). The summed E-state index contributed by atoms with van der Waals surface area (Å²) >= 11 is 0. The number of unbranched alkanes of at least 4 members (excludes halogenated alkanes) is 1. The maximum Gasteiger partial charge on any atom is 0.101 e. The summed E-state index contributed by atoms with van der Waals surface area (Å²) < 4.78 is 0. The lowest BCUT2D eigenvalue weighted by molar-refractivity contribution is 0.250. The van der Waals surface area contributed by atoms with E-state index in [0.29, 0.717) is 5.56 Å². The minimum Gasteiger partial charge on any atom is -0.255 e. The van der Waals surface area contributed by atoms with E-state index in [1.165, 1.54) is 63.4 Å². The van der Waals surface area contributed by atoms with Crippen LogP contribution in [0.15, 0.2) is 42.6 Å². The molecule has 26 heavy (non-hydrogen) atoms. The van der Waals surface area contributed by atoms with E-state index in [1.807, 2.05) is 12.1 Å². The number of rotatable bonds is 7. The van der Waals surface area contributed by atoms with E-state index >= 15 is 0 Å². The first-order valence-corrected chi connectivity index (χ1v) is 10.2. The van der Waals surface area contributed by atoms with E-state index in [2.05, 4.69) is 42.2 Å². The number of hydrogen-bond donors (Lipinski definition) is 0. The molecule has 1 heterocycles. The van der Waals surface area contributed by atoms with Gasteiger partial charge >= 0.3 is 0 Å². The first-order chi connectivity index (χ1) is 12.8. The van der Waals surface area contributed by atoms with Crippen LogP contribution in [-0.4, -0.2) is 4.98 Å². The Labute approximate surface area is 158 Å². The number of benzene rings is 1. The van der Waals surface area contributed by atoms with Crippen molar-refractivity contribution in [3.05, 3.63) is 53.7 Å². The summed E-state index contributed by atoms with van der Waals surface area (Å²) in [5.74, 6) is 1.93. The van der Waals surface area contributed by atoms with Crippen molar-refractivity contribution >= 4 is 0 Å². The normalized spacial score (nSPS) is 19.8. The van der Waals surface area contributed by atoms with Gasteiger partial charge in [0.25, 0.3) is 0 Å². The number of aryl methyl sites for hydroxylation is 1. The van der Waals surface area contributed by atoms with Crippen LogP contribution in [0.1, 0.15) is 69.4 Å². The quantitative estimate of drug-likeness (QED) is 0.570. The Kier molecular flexibility index (Phi) is 6.83. The number of aromatic nitrogens is 1. The third-order valence-electron chi connectivity index (χ3n) is 5.92. The largest absolute Gasteiger partial charge is 0.255 e. The van der Waals surface area contributed by atoms with E-state index < -0.39 is 0 Å². The molecule has 1 fully saturated rings. The van der Waals surface area contributed by atoms with Crippen molar-refractivity contribution in [3.63, 3.8) is 0 Å². The summed E-state index contributed by atoms with van der Waals surface area (Å²) in [5, 5.41) is 8.86. The molecular formula is C24H30N2. The van der Waals surface area contributed by atoms with E-state index in [0.717, 1.165) is 23.1 Å². The lowest BCUT2D eigenvalue weighted by Gasteiger charge is -2.28. The van der Waals surface area contributed by atoms with Crippen molar-refractivity contribution in [1.29, 1.82) is 5.26 Å². The van der Waals surface area contributed by atoms with Crippen molar-refractivity contribution in [3.8, 4) is 17.3 Å². The Balaban J connectivity index is 1.47. The zero-order chi connectivity index (χ0) is 18.2. The fourth-order valence-corrected chi connectivity index (χ4v) is 4.15. The topological polar surface area (TPSA) is 36.7 Å². The second-order valence-corrected chi connectivity index (χ2v) is 7.81. The second kappa shape index (κ2) is 9.53. The minimum atomic E-state index is 0.606. The van der Waals surface area contributed by atoms with E-state index in [4.69, 9.17) is 5.26 Å².